The van der Waals surface area contributed by atoms with E-state index in [2.05, 4.69) is 16.8 Å². The lowest BCUT2D eigenvalue weighted by Crippen LogP contribution is -2.13. The molecule has 0 saturated carbocycles. The van der Waals surface area contributed by atoms with Crippen molar-refractivity contribution in [3.8, 4) is 0 Å². The van der Waals surface area contributed by atoms with Crippen molar-refractivity contribution >= 4 is 38.9 Å². The third kappa shape index (κ3) is 8.30. The largest absolute Gasteiger partial charge is 0.461 e. The van der Waals surface area contributed by atoms with Gasteiger partial charge in [0.05, 0.1) is 22.0 Å². The summed E-state index contributed by atoms with van der Waals surface area (Å²) >= 11 is 1.57. The zero-order chi connectivity index (χ0) is 22.9. The highest BCUT2D eigenvalue weighted by molar-refractivity contribution is 7.99. The van der Waals surface area contributed by atoms with Gasteiger partial charge in [-0.15, -0.1) is 11.8 Å². The average molecular weight is 461 g/mol. The fourth-order valence-electron chi connectivity index (χ4n) is 2.45. The summed E-state index contributed by atoms with van der Waals surface area (Å²) in [5.41, 5.74) is 1.66. The second-order valence-electron chi connectivity index (χ2n) is 7.25. The molecular formula is C23H28N2O4S2. The molecule has 2 aromatic rings. The van der Waals surface area contributed by atoms with Crippen LogP contribution in [0.5, 0.6) is 0 Å². The Hall–Kier alpha value is -2.45. The number of hydrogen-bond acceptors (Lipinski definition) is 7. The molecule has 2 aromatic carbocycles. The van der Waals surface area contributed by atoms with Crippen LogP contribution < -0.4 is 0 Å². The molecule has 0 aromatic heterocycles. The molecule has 1 atom stereocenters. The molecule has 0 fully saturated rings. The number of azo groups is 1. The summed E-state index contributed by atoms with van der Waals surface area (Å²) < 4.78 is 29.9. The molecule has 0 radical (unpaired) electrons. The van der Waals surface area contributed by atoms with Crippen molar-refractivity contribution in [1.29, 1.82) is 0 Å². The molecule has 2 rings (SSSR count). The number of hydrogen-bond donors (Lipinski definition) is 0. The van der Waals surface area contributed by atoms with Gasteiger partial charge < -0.3 is 4.74 Å². The number of ether oxygens (including phenoxy) is 1. The number of esters is 1. The van der Waals surface area contributed by atoms with Gasteiger partial charge >= 0.3 is 5.97 Å². The lowest BCUT2D eigenvalue weighted by atomic mass is 10.2. The molecule has 0 heterocycles. The third-order valence-electron chi connectivity index (χ3n) is 4.45. The highest BCUT2D eigenvalue weighted by Crippen LogP contribution is 2.24. The molecular weight excluding hydrogens is 432 g/mol. The molecule has 8 heteroatoms. The first-order chi connectivity index (χ1) is 14.7. The van der Waals surface area contributed by atoms with Crippen LogP contribution in [-0.2, 0) is 19.4 Å². The van der Waals surface area contributed by atoms with Gasteiger partial charge in [0.1, 0.15) is 6.61 Å². The summed E-state index contributed by atoms with van der Waals surface area (Å²) in [6.07, 6.45) is 0.825. The van der Waals surface area contributed by atoms with E-state index in [0.717, 1.165) is 11.3 Å². The molecule has 6 nitrogen and oxygen atoms in total. The second kappa shape index (κ2) is 11.8. The van der Waals surface area contributed by atoms with Crippen molar-refractivity contribution in [3.05, 3.63) is 60.7 Å². The number of nitrogens with zero attached hydrogens (tertiary/aromatic N) is 2. The number of carbonyl (C=O) groups is 1. The average Bonchev–Trinajstić information content (AvgIpc) is 2.75. The summed E-state index contributed by atoms with van der Waals surface area (Å²) in [6.45, 7) is 9.40. The monoisotopic (exact) mass is 460 g/mol. The highest BCUT2D eigenvalue weighted by atomic mass is 32.2. The van der Waals surface area contributed by atoms with Crippen molar-refractivity contribution in [1.82, 2.24) is 0 Å². The van der Waals surface area contributed by atoms with Gasteiger partial charge in [0, 0.05) is 16.2 Å². The molecule has 0 aliphatic heterocycles. The molecule has 0 aliphatic carbocycles. The predicted octanol–water partition coefficient (Wildman–Crippen LogP) is 6.13. The quantitative estimate of drug-likeness (QED) is 0.132. The molecule has 166 valence electrons. The second-order valence-corrected chi connectivity index (χ2v) is 10.4. The standard InChI is InChI=1S/C23H28N2O4S2/c1-5-18(4)16-31(27,28)22-12-8-20(9-13-22)25-24-19-6-10-21(11-7-19)30-15-14-29-23(26)17(2)3/h6-13,18H,2,5,14-16H2,1,3-4H3/b25-24+. The van der Waals surface area contributed by atoms with E-state index in [0.29, 0.717) is 34.2 Å². The fraction of sp³-hybridized carbons (Fsp3) is 0.348. The minimum Gasteiger partial charge on any atom is -0.461 e. The molecule has 0 bridgehead atoms. The summed E-state index contributed by atoms with van der Waals surface area (Å²) in [6, 6.07) is 14.0. The summed E-state index contributed by atoms with van der Waals surface area (Å²) in [5, 5.41) is 8.37. The Morgan fingerprint density at radius 2 is 1.61 bits per heavy atom. The van der Waals surface area contributed by atoms with Gasteiger partial charge in [0.2, 0.25) is 0 Å². The summed E-state index contributed by atoms with van der Waals surface area (Å²) in [5.74, 6) is 0.534. The van der Waals surface area contributed by atoms with Crippen LogP contribution in [0.25, 0.3) is 0 Å². The van der Waals surface area contributed by atoms with Gasteiger partial charge in [-0.1, -0.05) is 26.8 Å². The smallest absolute Gasteiger partial charge is 0.333 e. The van der Waals surface area contributed by atoms with E-state index in [4.69, 9.17) is 4.74 Å². The Morgan fingerprint density at radius 1 is 1.06 bits per heavy atom. The molecule has 0 N–H and O–H groups in total. The van der Waals surface area contributed by atoms with Crippen molar-refractivity contribution in [2.24, 2.45) is 16.1 Å². The van der Waals surface area contributed by atoms with Crippen LogP contribution in [0.3, 0.4) is 0 Å². The van der Waals surface area contributed by atoms with Crippen molar-refractivity contribution < 1.29 is 17.9 Å². The Balaban J connectivity index is 1.89. The number of thioether (sulfide) groups is 1. The molecule has 0 amide bonds. The summed E-state index contributed by atoms with van der Waals surface area (Å²) in [7, 11) is -3.29. The first kappa shape index (κ1) is 24.8. The first-order valence-electron chi connectivity index (χ1n) is 10.0. The van der Waals surface area contributed by atoms with E-state index >= 15 is 0 Å². The fourth-order valence-corrected chi connectivity index (χ4v) is 4.91. The van der Waals surface area contributed by atoms with Crippen LogP contribution >= 0.6 is 11.8 Å². The zero-order valence-electron chi connectivity index (χ0n) is 18.1. The van der Waals surface area contributed by atoms with E-state index < -0.39 is 9.84 Å². The molecule has 1 unspecified atom stereocenters. The number of carbonyl (C=O) groups excluding carboxylic acids is 1. The Labute approximate surface area is 188 Å². The van der Waals surface area contributed by atoms with Crippen LogP contribution in [-0.4, -0.2) is 32.5 Å². The third-order valence-corrected chi connectivity index (χ3v) is 7.42. The van der Waals surface area contributed by atoms with E-state index in [1.165, 1.54) is 0 Å². The van der Waals surface area contributed by atoms with E-state index in [-0.39, 0.29) is 17.6 Å². The van der Waals surface area contributed by atoms with Gasteiger partial charge in [-0.3, -0.25) is 0 Å². The maximum Gasteiger partial charge on any atom is 0.333 e. The SMILES string of the molecule is C=C(C)C(=O)OCCSc1ccc(/N=N/c2ccc(S(=O)(=O)CC(C)CC)cc2)cc1. The van der Waals surface area contributed by atoms with Crippen LogP contribution in [0.4, 0.5) is 11.4 Å². The van der Waals surface area contributed by atoms with Gasteiger partial charge in [-0.05, 0) is 61.4 Å². The Kier molecular flexibility index (Phi) is 9.45. The van der Waals surface area contributed by atoms with E-state index in [1.807, 2.05) is 38.1 Å². The first-order valence-corrected chi connectivity index (χ1v) is 12.6. The van der Waals surface area contributed by atoms with Gasteiger partial charge in [0.15, 0.2) is 9.84 Å². The highest BCUT2D eigenvalue weighted by Gasteiger charge is 2.17. The molecule has 31 heavy (non-hydrogen) atoms. The zero-order valence-corrected chi connectivity index (χ0v) is 19.7. The lowest BCUT2D eigenvalue weighted by Gasteiger charge is -2.09. The minimum absolute atomic E-state index is 0.122. The van der Waals surface area contributed by atoms with Crippen molar-refractivity contribution in [2.75, 3.05) is 18.1 Å². The van der Waals surface area contributed by atoms with Gasteiger partial charge in [-0.2, -0.15) is 10.2 Å². The molecule has 0 spiro atoms. The van der Waals surface area contributed by atoms with E-state index in [9.17, 15) is 13.2 Å². The normalized spacial score (nSPS) is 12.6. The molecule has 0 aliphatic rings. The van der Waals surface area contributed by atoms with E-state index in [1.54, 1.807) is 43.0 Å². The number of rotatable bonds is 11. The molecule has 0 saturated heterocycles. The lowest BCUT2D eigenvalue weighted by molar-refractivity contribution is -0.138. The Bertz CT molecular complexity index is 1010. The van der Waals surface area contributed by atoms with Crippen molar-refractivity contribution in [2.45, 2.75) is 37.0 Å². The Morgan fingerprint density at radius 3 is 2.13 bits per heavy atom. The van der Waals surface area contributed by atoms with Crippen molar-refractivity contribution in [3.63, 3.8) is 0 Å². The van der Waals surface area contributed by atoms with Crippen LogP contribution in [0.15, 0.2) is 80.7 Å². The maximum atomic E-state index is 12.4. The topological polar surface area (TPSA) is 85.2 Å². The maximum absolute atomic E-state index is 12.4. The predicted molar refractivity (Wildman–Crippen MR) is 125 cm³/mol. The van der Waals surface area contributed by atoms with Gasteiger partial charge in [-0.25, -0.2) is 13.2 Å². The summed E-state index contributed by atoms with van der Waals surface area (Å²) in [4.78, 5) is 12.7. The number of sulfone groups is 1. The van der Waals surface area contributed by atoms with Crippen LogP contribution in [0.1, 0.15) is 27.2 Å². The van der Waals surface area contributed by atoms with Crippen LogP contribution in [0, 0.1) is 5.92 Å². The minimum atomic E-state index is -3.29. The van der Waals surface area contributed by atoms with Crippen LogP contribution in [0.2, 0.25) is 0 Å². The van der Waals surface area contributed by atoms with Gasteiger partial charge in [0.25, 0.3) is 0 Å². The number of benzene rings is 2.